The van der Waals surface area contributed by atoms with E-state index in [0.29, 0.717) is 0 Å². The Kier molecular flexibility index (Phi) is 2.75. The van der Waals surface area contributed by atoms with Crippen LogP contribution in [-0.2, 0) is 0 Å². The number of rotatable bonds is 2. The van der Waals surface area contributed by atoms with Crippen LogP contribution >= 0.6 is 11.6 Å². The highest BCUT2D eigenvalue weighted by Crippen LogP contribution is 2.18. The zero-order chi connectivity index (χ0) is 9.14. The lowest BCUT2D eigenvalue weighted by Gasteiger charge is -2.03. The monoisotopic (exact) mass is 197 g/mol. The molecule has 0 fully saturated rings. The van der Waals surface area contributed by atoms with Gasteiger partial charge in [-0.1, -0.05) is 11.6 Å². The predicted octanol–water partition coefficient (Wildman–Crippen LogP) is 2.48. The third-order valence-electron chi connectivity index (χ3n) is 0.962. The first-order valence-corrected chi connectivity index (χ1v) is 3.23. The second-order valence-corrected chi connectivity index (χ2v) is 2.21. The van der Waals surface area contributed by atoms with E-state index in [1.54, 1.807) is 0 Å². The van der Waals surface area contributed by atoms with Crippen molar-refractivity contribution in [1.29, 1.82) is 0 Å². The summed E-state index contributed by atoms with van der Waals surface area (Å²) in [5, 5.41) is -0.231. The summed E-state index contributed by atoms with van der Waals surface area (Å²) < 4.78 is 39.4. The molecule has 0 bridgehead atoms. The van der Waals surface area contributed by atoms with Crippen molar-refractivity contribution in [3.05, 3.63) is 23.2 Å². The average Bonchev–Trinajstić information content (AvgIpc) is 1.81. The van der Waals surface area contributed by atoms with Gasteiger partial charge in [0.15, 0.2) is 0 Å². The molecule has 2 nitrogen and oxygen atoms in total. The Morgan fingerprint density at radius 2 is 2.08 bits per heavy atom. The van der Waals surface area contributed by atoms with Crippen LogP contribution in [0.2, 0.25) is 5.15 Å². The fourth-order valence-corrected chi connectivity index (χ4v) is 0.802. The minimum Gasteiger partial charge on any atom is -0.435 e. The van der Waals surface area contributed by atoms with Gasteiger partial charge in [0.25, 0.3) is 0 Å². The largest absolute Gasteiger partial charge is 0.435 e. The van der Waals surface area contributed by atoms with Crippen LogP contribution in [0.3, 0.4) is 0 Å². The second-order valence-electron chi connectivity index (χ2n) is 1.83. The van der Waals surface area contributed by atoms with Crippen LogP contribution in [0.1, 0.15) is 0 Å². The number of alkyl halides is 2. The molecule has 1 aromatic rings. The summed E-state index contributed by atoms with van der Waals surface area (Å²) in [7, 11) is 0. The van der Waals surface area contributed by atoms with Crippen molar-refractivity contribution < 1.29 is 17.9 Å². The fourth-order valence-electron chi connectivity index (χ4n) is 0.614. The summed E-state index contributed by atoms with van der Waals surface area (Å²) in [6, 6.07) is 1.72. The lowest BCUT2D eigenvalue weighted by Crippen LogP contribution is -2.02. The number of nitrogens with zero attached hydrogens (tertiary/aromatic N) is 1. The van der Waals surface area contributed by atoms with Gasteiger partial charge in [-0.25, -0.2) is 4.98 Å². The molecule has 12 heavy (non-hydrogen) atoms. The molecule has 0 atom stereocenters. The molecule has 0 aliphatic heterocycles. The van der Waals surface area contributed by atoms with E-state index in [1.165, 1.54) is 0 Å². The number of hydrogen-bond acceptors (Lipinski definition) is 2. The van der Waals surface area contributed by atoms with E-state index in [9.17, 15) is 13.2 Å². The van der Waals surface area contributed by atoms with Crippen molar-refractivity contribution in [2.45, 2.75) is 6.61 Å². The summed E-state index contributed by atoms with van der Waals surface area (Å²) in [6.45, 7) is -3.00. The Morgan fingerprint density at radius 1 is 1.42 bits per heavy atom. The molecule has 66 valence electrons. The van der Waals surface area contributed by atoms with Crippen molar-refractivity contribution in [2.75, 3.05) is 0 Å². The van der Waals surface area contributed by atoms with Gasteiger partial charge in [0.2, 0.25) is 5.95 Å². The maximum atomic E-state index is 12.4. The number of ether oxygens (including phenoxy) is 1. The van der Waals surface area contributed by atoms with E-state index in [1.807, 2.05) is 0 Å². The van der Waals surface area contributed by atoms with Crippen molar-refractivity contribution >= 4 is 11.6 Å². The molecule has 0 saturated heterocycles. The Morgan fingerprint density at radius 3 is 2.58 bits per heavy atom. The zero-order valence-corrected chi connectivity index (χ0v) is 6.36. The molecule has 0 saturated carbocycles. The minimum atomic E-state index is -3.00. The lowest BCUT2D eigenvalue weighted by molar-refractivity contribution is -0.0500. The summed E-state index contributed by atoms with van der Waals surface area (Å²) in [5.74, 6) is -1.30. The topological polar surface area (TPSA) is 22.1 Å². The Labute approximate surface area is 70.9 Å². The number of pyridine rings is 1. The number of hydrogen-bond donors (Lipinski definition) is 0. The van der Waals surface area contributed by atoms with Gasteiger partial charge in [-0.3, -0.25) is 0 Å². The molecule has 1 heterocycles. The molecule has 0 spiro atoms. The molecule has 0 aromatic carbocycles. The Bertz CT molecular complexity index is 261. The zero-order valence-electron chi connectivity index (χ0n) is 5.60. The highest BCUT2D eigenvalue weighted by Gasteiger charge is 2.06. The molecule has 6 heteroatoms. The minimum absolute atomic E-state index is 0.231. The second kappa shape index (κ2) is 3.62. The molecule has 0 unspecified atom stereocenters. The van der Waals surface area contributed by atoms with Crippen molar-refractivity contribution in [3.63, 3.8) is 0 Å². The van der Waals surface area contributed by atoms with Gasteiger partial charge in [-0.05, 0) is 0 Å². The molecule has 0 radical (unpaired) electrons. The molecule has 0 aliphatic carbocycles. The van der Waals surface area contributed by atoms with Crippen LogP contribution in [0.15, 0.2) is 12.1 Å². The van der Waals surface area contributed by atoms with Crippen LogP contribution in [0.5, 0.6) is 5.75 Å². The molecule has 0 amide bonds. The first kappa shape index (κ1) is 9.12. The van der Waals surface area contributed by atoms with Gasteiger partial charge in [0.1, 0.15) is 10.9 Å². The maximum absolute atomic E-state index is 12.4. The Balaban J connectivity index is 2.85. The normalized spacial score (nSPS) is 10.4. The van der Waals surface area contributed by atoms with E-state index < -0.39 is 12.6 Å². The first-order chi connectivity index (χ1) is 5.58. The summed E-state index contributed by atoms with van der Waals surface area (Å²) in [6.07, 6.45) is 0. The molecule has 0 aliphatic rings. The van der Waals surface area contributed by atoms with Gasteiger partial charge in [0, 0.05) is 12.1 Å². The van der Waals surface area contributed by atoms with Crippen LogP contribution in [0.4, 0.5) is 13.2 Å². The summed E-state index contributed by atoms with van der Waals surface area (Å²) in [5.41, 5.74) is 0. The molecule has 0 N–H and O–H groups in total. The van der Waals surface area contributed by atoms with E-state index in [2.05, 4.69) is 9.72 Å². The van der Waals surface area contributed by atoms with Gasteiger partial charge >= 0.3 is 6.61 Å². The average molecular weight is 198 g/mol. The maximum Gasteiger partial charge on any atom is 0.387 e. The first-order valence-electron chi connectivity index (χ1n) is 2.86. The third kappa shape index (κ3) is 2.58. The highest BCUT2D eigenvalue weighted by atomic mass is 35.5. The number of aromatic nitrogens is 1. The Hall–Kier alpha value is -0.970. The molecule has 1 aromatic heterocycles. The van der Waals surface area contributed by atoms with Gasteiger partial charge in [-0.15, -0.1) is 0 Å². The van der Waals surface area contributed by atoms with Gasteiger partial charge in [-0.2, -0.15) is 13.2 Å². The fraction of sp³-hybridized carbons (Fsp3) is 0.167. The molecule has 1 rings (SSSR count). The van der Waals surface area contributed by atoms with E-state index in [-0.39, 0.29) is 10.9 Å². The smallest absolute Gasteiger partial charge is 0.387 e. The van der Waals surface area contributed by atoms with E-state index >= 15 is 0 Å². The van der Waals surface area contributed by atoms with Crippen LogP contribution in [-0.4, -0.2) is 11.6 Å². The third-order valence-corrected chi connectivity index (χ3v) is 1.16. The predicted molar refractivity (Wildman–Crippen MR) is 35.8 cm³/mol. The molecular weight excluding hydrogens is 195 g/mol. The highest BCUT2D eigenvalue weighted by molar-refractivity contribution is 6.29. The van der Waals surface area contributed by atoms with Crippen LogP contribution < -0.4 is 4.74 Å². The van der Waals surface area contributed by atoms with E-state index in [0.717, 1.165) is 12.1 Å². The van der Waals surface area contributed by atoms with Crippen LogP contribution in [0, 0.1) is 5.95 Å². The standard InChI is InChI=1S/C6H3ClF3NO/c7-4-1-3(12-6(9)10)2-5(8)11-4/h1-2,6H. The SMILES string of the molecule is Fc1cc(OC(F)F)cc(Cl)n1. The van der Waals surface area contributed by atoms with E-state index in [4.69, 9.17) is 11.6 Å². The lowest BCUT2D eigenvalue weighted by atomic mass is 10.4. The quantitative estimate of drug-likeness (QED) is 0.680. The number of halogens is 4. The summed E-state index contributed by atoms with van der Waals surface area (Å²) in [4.78, 5) is 3.12. The van der Waals surface area contributed by atoms with Gasteiger partial charge in [0.05, 0.1) is 0 Å². The van der Waals surface area contributed by atoms with Crippen LogP contribution in [0.25, 0.3) is 0 Å². The van der Waals surface area contributed by atoms with Crippen molar-refractivity contribution in [3.8, 4) is 5.75 Å². The molecular formula is C6H3ClF3NO. The van der Waals surface area contributed by atoms with Crippen molar-refractivity contribution in [1.82, 2.24) is 4.98 Å². The summed E-state index contributed by atoms with van der Waals surface area (Å²) >= 11 is 5.26. The van der Waals surface area contributed by atoms with Crippen molar-refractivity contribution in [2.24, 2.45) is 0 Å². The van der Waals surface area contributed by atoms with Gasteiger partial charge < -0.3 is 4.74 Å².